The summed E-state index contributed by atoms with van der Waals surface area (Å²) in [5.41, 5.74) is 0.0871. The van der Waals surface area contributed by atoms with Gasteiger partial charge in [0.2, 0.25) is 5.91 Å². The van der Waals surface area contributed by atoms with Gasteiger partial charge in [0, 0.05) is 32.2 Å². The lowest BCUT2D eigenvalue weighted by Gasteiger charge is -2.43. The number of hydrogen-bond acceptors (Lipinski definition) is 5. The lowest BCUT2D eigenvalue weighted by molar-refractivity contribution is -0.136. The van der Waals surface area contributed by atoms with Gasteiger partial charge in [0.1, 0.15) is 5.60 Å². The Morgan fingerprint density at radius 3 is 2.72 bits per heavy atom. The van der Waals surface area contributed by atoms with Crippen LogP contribution in [0.15, 0.2) is 30.3 Å². The Labute approximate surface area is 147 Å². The molecule has 0 aromatic heterocycles. The maximum Gasteiger partial charge on any atom is 0.254 e. The van der Waals surface area contributed by atoms with E-state index >= 15 is 0 Å². The van der Waals surface area contributed by atoms with Crippen molar-refractivity contribution in [1.82, 2.24) is 15.1 Å². The molecule has 3 rings (SSSR count). The molecule has 1 N–H and O–H groups in total. The van der Waals surface area contributed by atoms with Crippen LogP contribution in [0.4, 0.5) is 0 Å². The summed E-state index contributed by atoms with van der Waals surface area (Å²) in [6, 6.07) is 9.28. The molecule has 1 aromatic carbocycles. The van der Waals surface area contributed by atoms with Crippen molar-refractivity contribution in [3.63, 3.8) is 0 Å². The molecule has 1 atom stereocenters. The molecule has 1 unspecified atom stereocenters. The SMILES string of the molecule is CNC(=O)CN1CCOCC2(C1)CN(C(=O)c1ccccc1)CCO2. The molecule has 2 amide bonds. The van der Waals surface area contributed by atoms with Gasteiger partial charge in [0.25, 0.3) is 5.91 Å². The van der Waals surface area contributed by atoms with Crippen LogP contribution >= 0.6 is 0 Å². The van der Waals surface area contributed by atoms with Crippen LogP contribution in [-0.4, -0.2) is 86.8 Å². The quantitative estimate of drug-likeness (QED) is 0.832. The van der Waals surface area contributed by atoms with E-state index in [-0.39, 0.29) is 11.8 Å². The van der Waals surface area contributed by atoms with Gasteiger partial charge in [-0.1, -0.05) is 18.2 Å². The van der Waals surface area contributed by atoms with Gasteiger partial charge in [-0.2, -0.15) is 0 Å². The molecule has 0 saturated carbocycles. The molecule has 0 radical (unpaired) electrons. The van der Waals surface area contributed by atoms with Crippen molar-refractivity contribution < 1.29 is 19.1 Å². The van der Waals surface area contributed by atoms with E-state index in [1.165, 1.54) is 0 Å². The number of rotatable bonds is 3. The van der Waals surface area contributed by atoms with Gasteiger partial charge in [0.05, 0.1) is 32.9 Å². The molecule has 0 bridgehead atoms. The topological polar surface area (TPSA) is 71.1 Å². The summed E-state index contributed by atoms with van der Waals surface area (Å²) in [7, 11) is 1.63. The zero-order chi connectivity index (χ0) is 17.7. The maximum atomic E-state index is 12.8. The van der Waals surface area contributed by atoms with Crippen LogP contribution in [0.2, 0.25) is 0 Å². The number of morpholine rings is 1. The number of carbonyl (C=O) groups is 2. The minimum atomic E-state index is -0.590. The number of likely N-dealkylation sites (N-methyl/N-ethyl adjacent to an activating group) is 1. The third kappa shape index (κ3) is 4.36. The number of nitrogens with one attached hydrogen (secondary N) is 1. The van der Waals surface area contributed by atoms with E-state index in [0.717, 1.165) is 0 Å². The molecule has 2 fully saturated rings. The summed E-state index contributed by atoms with van der Waals surface area (Å²) in [5, 5.41) is 2.65. The van der Waals surface area contributed by atoms with Crippen LogP contribution in [0.5, 0.6) is 0 Å². The van der Waals surface area contributed by atoms with Crippen molar-refractivity contribution in [3.8, 4) is 0 Å². The van der Waals surface area contributed by atoms with E-state index in [1.807, 2.05) is 40.1 Å². The van der Waals surface area contributed by atoms with Crippen molar-refractivity contribution in [2.75, 3.05) is 59.6 Å². The molecule has 2 heterocycles. The molecule has 136 valence electrons. The fourth-order valence-corrected chi connectivity index (χ4v) is 3.37. The molecule has 7 nitrogen and oxygen atoms in total. The predicted octanol–water partition coefficient (Wildman–Crippen LogP) is -0.0240. The fraction of sp³-hybridized carbons (Fsp3) is 0.556. The van der Waals surface area contributed by atoms with Crippen molar-refractivity contribution in [1.29, 1.82) is 0 Å². The normalized spacial score (nSPS) is 24.8. The lowest BCUT2D eigenvalue weighted by atomic mass is 10.0. The summed E-state index contributed by atoms with van der Waals surface area (Å²) < 4.78 is 11.8. The summed E-state index contributed by atoms with van der Waals surface area (Å²) in [6.07, 6.45) is 0. The van der Waals surface area contributed by atoms with Crippen LogP contribution in [0.25, 0.3) is 0 Å². The highest BCUT2D eigenvalue weighted by molar-refractivity contribution is 5.94. The summed E-state index contributed by atoms with van der Waals surface area (Å²) in [6.45, 7) is 4.01. The monoisotopic (exact) mass is 347 g/mol. The van der Waals surface area contributed by atoms with E-state index in [4.69, 9.17) is 9.47 Å². The van der Waals surface area contributed by atoms with Crippen molar-refractivity contribution >= 4 is 11.8 Å². The third-order valence-electron chi connectivity index (χ3n) is 4.63. The first kappa shape index (κ1) is 17.8. The van der Waals surface area contributed by atoms with Gasteiger partial charge in [-0.25, -0.2) is 0 Å². The van der Waals surface area contributed by atoms with Gasteiger partial charge in [0.15, 0.2) is 0 Å². The Morgan fingerprint density at radius 1 is 1.16 bits per heavy atom. The zero-order valence-corrected chi connectivity index (χ0v) is 14.6. The molecule has 1 spiro atoms. The Balaban J connectivity index is 1.71. The second-order valence-electron chi connectivity index (χ2n) is 6.56. The summed E-state index contributed by atoms with van der Waals surface area (Å²) in [5.74, 6) is -0.0320. The molecular formula is C18H25N3O4. The molecule has 7 heteroatoms. The first-order valence-corrected chi connectivity index (χ1v) is 8.61. The predicted molar refractivity (Wildman–Crippen MR) is 92.4 cm³/mol. The largest absolute Gasteiger partial charge is 0.377 e. The highest BCUT2D eigenvalue weighted by atomic mass is 16.5. The summed E-state index contributed by atoms with van der Waals surface area (Å²) in [4.78, 5) is 28.3. The molecule has 25 heavy (non-hydrogen) atoms. The van der Waals surface area contributed by atoms with Crippen molar-refractivity contribution in [3.05, 3.63) is 35.9 Å². The van der Waals surface area contributed by atoms with Gasteiger partial charge in [-0.15, -0.1) is 0 Å². The van der Waals surface area contributed by atoms with Crippen molar-refractivity contribution in [2.45, 2.75) is 5.60 Å². The number of benzene rings is 1. The van der Waals surface area contributed by atoms with Crippen LogP contribution in [0.1, 0.15) is 10.4 Å². The lowest BCUT2D eigenvalue weighted by Crippen LogP contribution is -2.60. The minimum absolute atomic E-state index is 0.00498. The van der Waals surface area contributed by atoms with E-state index in [9.17, 15) is 9.59 Å². The Kier molecular flexibility index (Phi) is 5.67. The van der Waals surface area contributed by atoms with Gasteiger partial charge in [-0.05, 0) is 12.1 Å². The number of ether oxygens (including phenoxy) is 2. The number of nitrogens with zero attached hydrogens (tertiary/aromatic N) is 2. The molecule has 2 aliphatic rings. The average Bonchev–Trinajstić information content (AvgIpc) is 2.83. The second kappa shape index (κ2) is 7.95. The highest BCUT2D eigenvalue weighted by Gasteiger charge is 2.41. The molecule has 2 aliphatic heterocycles. The van der Waals surface area contributed by atoms with E-state index in [1.54, 1.807) is 7.05 Å². The molecule has 1 aromatic rings. The van der Waals surface area contributed by atoms with Gasteiger partial charge < -0.3 is 19.7 Å². The summed E-state index contributed by atoms with van der Waals surface area (Å²) >= 11 is 0. The Bertz CT molecular complexity index is 610. The standard InChI is InChI=1S/C18H25N3O4/c1-19-16(22)11-20-7-9-24-14-18(12-20)13-21(8-10-25-18)17(23)15-5-3-2-4-6-15/h2-6H,7-14H2,1H3,(H,19,22). The highest BCUT2D eigenvalue weighted by Crippen LogP contribution is 2.23. The number of amides is 2. The second-order valence-corrected chi connectivity index (χ2v) is 6.56. The van der Waals surface area contributed by atoms with Crippen LogP contribution in [-0.2, 0) is 14.3 Å². The van der Waals surface area contributed by atoms with Crippen LogP contribution < -0.4 is 5.32 Å². The van der Waals surface area contributed by atoms with E-state index < -0.39 is 5.60 Å². The molecule has 0 aliphatic carbocycles. The van der Waals surface area contributed by atoms with E-state index in [0.29, 0.717) is 58.1 Å². The molecular weight excluding hydrogens is 322 g/mol. The van der Waals surface area contributed by atoms with E-state index in [2.05, 4.69) is 5.32 Å². The third-order valence-corrected chi connectivity index (χ3v) is 4.63. The van der Waals surface area contributed by atoms with Crippen LogP contribution in [0.3, 0.4) is 0 Å². The Hall–Kier alpha value is -1.96. The Morgan fingerprint density at radius 2 is 1.96 bits per heavy atom. The van der Waals surface area contributed by atoms with Crippen LogP contribution in [0, 0.1) is 0 Å². The maximum absolute atomic E-state index is 12.8. The first-order valence-electron chi connectivity index (χ1n) is 8.61. The molecule has 2 saturated heterocycles. The fourth-order valence-electron chi connectivity index (χ4n) is 3.37. The average molecular weight is 347 g/mol. The van der Waals surface area contributed by atoms with Gasteiger partial charge in [-0.3, -0.25) is 14.5 Å². The number of hydrogen-bond donors (Lipinski definition) is 1. The van der Waals surface area contributed by atoms with Crippen molar-refractivity contribution in [2.24, 2.45) is 0 Å². The minimum Gasteiger partial charge on any atom is -0.377 e. The smallest absolute Gasteiger partial charge is 0.254 e. The number of carbonyl (C=O) groups excluding carboxylic acids is 2. The first-order chi connectivity index (χ1) is 12.1. The van der Waals surface area contributed by atoms with Gasteiger partial charge >= 0.3 is 0 Å². The zero-order valence-electron chi connectivity index (χ0n) is 14.6.